The fraction of sp³-hybridized carbons (Fsp3) is 0.741. The number of fused-ring (bicyclic) bond motifs is 5. The third-order valence-corrected chi connectivity index (χ3v) is 10.7. The average molecular weight is 493 g/mol. The Hall–Kier alpha value is -1.50. The smallest absolute Gasteiger partial charge is 0.306 e. The predicted molar refractivity (Wildman–Crippen MR) is 128 cm³/mol. The van der Waals surface area contributed by atoms with Crippen molar-refractivity contribution in [2.45, 2.75) is 89.2 Å². The normalized spacial score (nSPS) is 45.1. The first-order valence-electron chi connectivity index (χ1n) is 12.6. The number of ketones is 2. The molecule has 0 aromatic rings. The maximum atomic E-state index is 13.4. The molecular formula is C27H37ClO6. The van der Waals surface area contributed by atoms with E-state index in [-0.39, 0.29) is 36.4 Å². The van der Waals surface area contributed by atoms with Crippen LogP contribution in [0.3, 0.4) is 0 Å². The minimum absolute atomic E-state index is 0.0673. The molecule has 4 aliphatic carbocycles. The van der Waals surface area contributed by atoms with Gasteiger partial charge < -0.3 is 14.9 Å². The Bertz CT molecular complexity index is 957. The summed E-state index contributed by atoms with van der Waals surface area (Å²) >= 11 is 7.45. The van der Waals surface area contributed by atoms with Crippen LogP contribution in [0.4, 0.5) is 0 Å². The van der Waals surface area contributed by atoms with Gasteiger partial charge in [-0.15, -0.1) is 11.6 Å². The van der Waals surface area contributed by atoms with E-state index in [1.54, 1.807) is 6.08 Å². The summed E-state index contributed by atoms with van der Waals surface area (Å²) in [5.74, 6) is -1.59. The highest BCUT2D eigenvalue weighted by molar-refractivity contribution is 6.26. The largest absolute Gasteiger partial charge is 0.450 e. The van der Waals surface area contributed by atoms with Crippen molar-refractivity contribution in [3.05, 3.63) is 23.8 Å². The van der Waals surface area contributed by atoms with Gasteiger partial charge >= 0.3 is 5.97 Å². The quantitative estimate of drug-likeness (QED) is 0.430. The molecule has 0 saturated heterocycles. The van der Waals surface area contributed by atoms with Crippen LogP contribution in [-0.2, 0) is 19.1 Å². The predicted octanol–water partition coefficient (Wildman–Crippen LogP) is 3.91. The number of halogens is 1. The highest BCUT2D eigenvalue weighted by Gasteiger charge is 2.76. The summed E-state index contributed by atoms with van der Waals surface area (Å²) in [5.41, 5.74) is -2.14. The molecule has 0 spiro atoms. The van der Waals surface area contributed by atoms with Crippen LogP contribution >= 0.6 is 11.6 Å². The number of unbranched alkanes of at least 4 members (excludes halogenated alkanes) is 1. The van der Waals surface area contributed by atoms with Crippen molar-refractivity contribution < 1.29 is 29.3 Å². The van der Waals surface area contributed by atoms with E-state index in [1.807, 2.05) is 33.8 Å². The van der Waals surface area contributed by atoms with Crippen LogP contribution in [0.5, 0.6) is 0 Å². The fourth-order valence-corrected chi connectivity index (χ4v) is 8.59. The zero-order chi connectivity index (χ0) is 25.1. The number of ether oxygens (including phenoxy) is 1. The third kappa shape index (κ3) is 3.17. The zero-order valence-corrected chi connectivity index (χ0v) is 21.4. The molecule has 34 heavy (non-hydrogen) atoms. The van der Waals surface area contributed by atoms with Crippen LogP contribution < -0.4 is 0 Å². The van der Waals surface area contributed by atoms with E-state index >= 15 is 0 Å². The highest BCUT2D eigenvalue weighted by atomic mass is 35.5. The van der Waals surface area contributed by atoms with Crippen LogP contribution in [0, 0.1) is 28.6 Å². The van der Waals surface area contributed by atoms with Crippen molar-refractivity contribution in [3.63, 3.8) is 0 Å². The van der Waals surface area contributed by atoms with Crippen LogP contribution in [0.15, 0.2) is 23.8 Å². The molecule has 0 aromatic carbocycles. The van der Waals surface area contributed by atoms with E-state index in [4.69, 9.17) is 16.3 Å². The molecule has 7 heteroatoms. The van der Waals surface area contributed by atoms with E-state index in [9.17, 15) is 24.6 Å². The number of carbonyl (C=O) groups excluding carboxylic acids is 3. The van der Waals surface area contributed by atoms with Gasteiger partial charge in [-0.2, -0.15) is 0 Å². The van der Waals surface area contributed by atoms with Gasteiger partial charge in [0.1, 0.15) is 6.61 Å². The van der Waals surface area contributed by atoms with Crippen LogP contribution in [0.25, 0.3) is 0 Å². The Labute approximate surface area is 206 Å². The lowest BCUT2D eigenvalue weighted by Crippen LogP contribution is -2.69. The Morgan fingerprint density at radius 1 is 1.26 bits per heavy atom. The van der Waals surface area contributed by atoms with Gasteiger partial charge in [-0.05, 0) is 56.1 Å². The van der Waals surface area contributed by atoms with Gasteiger partial charge in [0.05, 0.1) is 11.0 Å². The van der Waals surface area contributed by atoms with Gasteiger partial charge in [-0.1, -0.05) is 45.8 Å². The fourth-order valence-electron chi connectivity index (χ4n) is 8.07. The molecule has 0 aliphatic heterocycles. The minimum atomic E-state index is -1.51. The lowest BCUT2D eigenvalue weighted by atomic mass is 9.45. The molecule has 0 amide bonds. The second-order valence-electron chi connectivity index (χ2n) is 11.3. The Morgan fingerprint density at radius 3 is 2.62 bits per heavy atom. The van der Waals surface area contributed by atoms with Crippen molar-refractivity contribution in [2.24, 2.45) is 28.6 Å². The Kier molecular flexibility index (Phi) is 6.44. The minimum Gasteiger partial charge on any atom is -0.450 e. The first kappa shape index (κ1) is 25.6. The second-order valence-corrected chi connectivity index (χ2v) is 11.9. The number of rotatable bonds is 6. The van der Waals surface area contributed by atoms with Gasteiger partial charge in [-0.25, -0.2) is 0 Å². The van der Waals surface area contributed by atoms with Crippen molar-refractivity contribution >= 4 is 29.1 Å². The molecule has 0 heterocycles. The number of hydrogen-bond acceptors (Lipinski definition) is 6. The first-order valence-corrected chi connectivity index (χ1v) is 13.0. The van der Waals surface area contributed by atoms with Gasteiger partial charge in [0.15, 0.2) is 11.4 Å². The van der Waals surface area contributed by atoms with E-state index in [0.29, 0.717) is 25.7 Å². The SMILES string of the molecule is CCCCC(=O)O[C@]1(C(=O)CO)[C@@H](C)C[C@H]2[C@@H]3CCC4=CC(=O)C=C[C@]4(C)C3(Cl)[C@@H](O)C[C@@]21C. The Balaban J connectivity index is 1.80. The Morgan fingerprint density at radius 2 is 1.97 bits per heavy atom. The summed E-state index contributed by atoms with van der Waals surface area (Å²) in [4.78, 5) is 37.3. The molecule has 2 N–H and O–H groups in total. The van der Waals surface area contributed by atoms with E-state index in [1.165, 1.54) is 6.08 Å². The van der Waals surface area contributed by atoms with Crippen molar-refractivity contribution in [2.75, 3.05) is 6.61 Å². The summed E-state index contributed by atoms with van der Waals surface area (Å²) in [6.07, 6.45) is 7.82. The number of esters is 1. The summed E-state index contributed by atoms with van der Waals surface area (Å²) in [6.45, 7) is 7.07. The molecule has 0 bridgehead atoms. The van der Waals surface area contributed by atoms with Crippen molar-refractivity contribution in [3.8, 4) is 0 Å². The molecular weight excluding hydrogens is 456 g/mol. The second kappa shape index (κ2) is 8.56. The summed E-state index contributed by atoms with van der Waals surface area (Å²) in [6, 6.07) is 0. The van der Waals surface area contributed by atoms with E-state index in [0.717, 1.165) is 12.0 Å². The molecule has 8 atom stereocenters. The molecule has 4 aliphatic rings. The number of carbonyl (C=O) groups is 3. The third-order valence-electron chi connectivity index (χ3n) is 9.75. The molecule has 1 unspecified atom stereocenters. The van der Waals surface area contributed by atoms with E-state index in [2.05, 4.69) is 0 Å². The highest BCUT2D eigenvalue weighted by Crippen LogP contribution is 2.72. The molecule has 188 valence electrons. The molecule has 4 rings (SSSR count). The maximum Gasteiger partial charge on any atom is 0.306 e. The van der Waals surface area contributed by atoms with Gasteiger partial charge in [0, 0.05) is 23.2 Å². The van der Waals surface area contributed by atoms with Gasteiger partial charge in [0.2, 0.25) is 5.78 Å². The first-order chi connectivity index (χ1) is 15.9. The lowest BCUT2D eigenvalue weighted by molar-refractivity contribution is -0.203. The van der Waals surface area contributed by atoms with Crippen LogP contribution in [0.2, 0.25) is 0 Å². The number of Topliss-reactive ketones (excluding diaryl/α,β-unsaturated/α-hetero) is 1. The molecule has 6 nitrogen and oxygen atoms in total. The summed E-state index contributed by atoms with van der Waals surface area (Å²) in [7, 11) is 0. The summed E-state index contributed by atoms with van der Waals surface area (Å²) in [5, 5.41) is 21.7. The van der Waals surface area contributed by atoms with Crippen molar-refractivity contribution in [1.82, 2.24) is 0 Å². The molecule has 0 aromatic heterocycles. The molecule has 0 radical (unpaired) electrons. The van der Waals surface area contributed by atoms with E-state index < -0.39 is 45.8 Å². The average Bonchev–Trinajstić information content (AvgIpc) is 3.00. The molecule has 3 saturated carbocycles. The van der Waals surface area contributed by atoms with Crippen LogP contribution in [-0.4, -0.2) is 50.9 Å². The number of hydrogen-bond donors (Lipinski definition) is 2. The number of alkyl halides is 1. The topological polar surface area (TPSA) is 101 Å². The maximum absolute atomic E-state index is 13.4. The number of aliphatic hydroxyl groups is 2. The van der Waals surface area contributed by atoms with Gasteiger partial charge in [0.25, 0.3) is 0 Å². The monoisotopic (exact) mass is 492 g/mol. The standard InChI is InChI=1S/C27H37ClO6/c1-5-6-7-23(33)34-27(22(32)15-29)16(2)12-20-19-9-8-17-13-18(30)10-11-24(17,3)26(19,28)21(31)14-25(20,27)4/h10-11,13,16,19-21,29,31H,5-9,12,14-15H2,1-4H3/t16-,19-,20-,21-,24-,25-,26?,27-/m0/s1. The lowest BCUT2D eigenvalue weighted by Gasteiger charge is -2.64. The summed E-state index contributed by atoms with van der Waals surface area (Å²) < 4.78 is 6.07. The van der Waals surface area contributed by atoms with Gasteiger partial charge in [-0.3, -0.25) is 14.4 Å². The van der Waals surface area contributed by atoms with Crippen LogP contribution in [0.1, 0.15) is 72.6 Å². The van der Waals surface area contributed by atoms with Crippen molar-refractivity contribution in [1.29, 1.82) is 0 Å². The number of allylic oxidation sites excluding steroid dienone is 4. The zero-order valence-electron chi connectivity index (χ0n) is 20.6. The number of aliphatic hydroxyl groups excluding tert-OH is 2. The molecule has 3 fully saturated rings.